The number of hydrogen-bond acceptors (Lipinski definition) is 3. The average Bonchev–Trinajstić information content (AvgIpc) is 3.14. The fraction of sp³-hybridized carbons (Fsp3) is 0.250. The molecule has 0 fully saturated rings. The molecule has 54 heavy (non-hydrogen) atoms. The molecular formula is C48H61O2P3S. The van der Waals surface area contributed by atoms with Gasteiger partial charge in [0.25, 0.3) is 0 Å². The summed E-state index contributed by atoms with van der Waals surface area (Å²) < 4.78 is 10.7. The molecule has 2 nitrogen and oxygen atoms in total. The molecule has 0 N–H and O–H groups in total. The van der Waals surface area contributed by atoms with Crippen LogP contribution in [-0.4, -0.2) is 13.3 Å². The molecule has 0 radical (unpaired) electrons. The van der Waals surface area contributed by atoms with Crippen molar-refractivity contribution in [2.75, 3.05) is 13.3 Å². The molecule has 0 saturated carbocycles. The summed E-state index contributed by atoms with van der Waals surface area (Å²) in [6, 6.07) is 41.5. The zero-order chi connectivity index (χ0) is 40.2. The molecule has 0 spiro atoms. The first kappa shape index (κ1) is 46.7. The maximum absolute atomic E-state index is 5.36. The minimum Gasteiger partial charge on any atom is -0.477 e. The smallest absolute Gasteiger partial charge is 0.125 e. The summed E-state index contributed by atoms with van der Waals surface area (Å²) in [6.45, 7) is 25.5. The van der Waals surface area contributed by atoms with E-state index in [0.717, 1.165) is 16.4 Å². The Balaban J connectivity index is 0.000000244. The summed E-state index contributed by atoms with van der Waals surface area (Å²) in [5, 5.41) is 1.28. The van der Waals surface area contributed by atoms with E-state index in [0.29, 0.717) is 17.6 Å². The van der Waals surface area contributed by atoms with Crippen LogP contribution >= 0.6 is 39.5 Å². The first-order valence-corrected chi connectivity index (χ1v) is 22.0. The highest BCUT2D eigenvalue weighted by Gasteiger charge is 2.10. The van der Waals surface area contributed by atoms with Crippen LogP contribution in [0.2, 0.25) is 0 Å². The Labute approximate surface area is 339 Å². The van der Waals surface area contributed by atoms with Crippen molar-refractivity contribution >= 4 is 44.8 Å². The van der Waals surface area contributed by atoms with Crippen molar-refractivity contribution in [1.82, 2.24) is 0 Å². The van der Waals surface area contributed by atoms with Gasteiger partial charge in [0.1, 0.15) is 11.5 Å². The zero-order valence-electron chi connectivity index (χ0n) is 34.4. The van der Waals surface area contributed by atoms with E-state index in [1.54, 1.807) is 0 Å². The van der Waals surface area contributed by atoms with Gasteiger partial charge in [-0.2, -0.15) is 0 Å². The van der Waals surface area contributed by atoms with E-state index in [-0.39, 0.29) is 0 Å². The second-order valence-electron chi connectivity index (χ2n) is 13.3. The number of aryl methyl sites for hydroxylation is 8. The fourth-order valence-corrected chi connectivity index (χ4v) is 6.62. The number of hydrogen-bond donors (Lipinski definition) is 1. The molecule has 6 aromatic carbocycles. The summed E-state index contributed by atoms with van der Waals surface area (Å²) in [4.78, 5) is 1.06. The summed E-state index contributed by atoms with van der Waals surface area (Å²) in [5.74, 6) is 2.01. The van der Waals surface area contributed by atoms with Crippen LogP contribution in [0.15, 0.2) is 126 Å². The zero-order valence-corrected chi connectivity index (χ0v) is 38.4. The van der Waals surface area contributed by atoms with E-state index in [1.165, 1.54) is 72.1 Å². The standard InChI is InChI=1S/C18H22.2C8H11OP.C7H9P.C7H8S/c1-11-7-13(3)15(5)17(9-11)18-10-12(2)8-14(4)16(18)6;2*1-7-5-3-4-6-8(7)9-10-2;2*1-6-4-2-3-5-7(6)8/h7-10H,1-6H3;2*3-6,10H,1-2H3;2-5H,8H2,1H3;2-5,8H,1H3. The molecule has 6 aromatic rings. The van der Waals surface area contributed by atoms with E-state index in [4.69, 9.17) is 9.05 Å². The second-order valence-corrected chi connectivity index (χ2v) is 15.6. The number of rotatable bonds is 5. The molecule has 286 valence electrons. The SMILES string of the molecule is CPOc1ccccc1C.CPOc1ccccc1C.Cc1cc(C)c(C)c(-c2cc(C)cc(C)c2C)c1.Cc1ccccc1P.Cc1ccccc1S. The monoisotopic (exact) mass is 794 g/mol. The predicted molar refractivity (Wildman–Crippen MR) is 251 cm³/mol. The third-order valence-corrected chi connectivity index (χ3v) is 10.8. The molecule has 0 bridgehead atoms. The average molecular weight is 795 g/mol. The minimum absolute atomic E-state index is 0.532. The van der Waals surface area contributed by atoms with Crippen LogP contribution in [0, 0.1) is 69.2 Å². The van der Waals surface area contributed by atoms with Crippen molar-refractivity contribution in [1.29, 1.82) is 0 Å². The first-order chi connectivity index (χ1) is 25.7. The Morgan fingerprint density at radius 1 is 0.426 bits per heavy atom. The normalized spacial score (nSPS) is 10.3. The predicted octanol–water partition coefficient (Wildman–Crippen LogP) is 14.2. The lowest BCUT2D eigenvalue weighted by atomic mass is 9.89. The van der Waals surface area contributed by atoms with Gasteiger partial charge in [-0.1, -0.05) is 114 Å². The number of benzene rings is 6. The van der Waals surface area contributed by atoms with Crippen LogP contribution in [0.25, 0.3) is 11.1 Å². The molecule has 0 aromatic heterocycles. The molecule has 0 aliphatic heterocycles. The number of thiol groups is 1. The van der Waals surface area contributed by atoms with Gasteiger partial charge in [-0.25, -0.2) is 0 Å². The molecule has 0 saturated heterocycles. The lowest BCUT2D eigenvalue weighted by molar-refractivity contribution is 0.629. The van der Waals surface area contributed by atoms with E-state index < -0.39 is 0 Å². The van der Waals surface area contributed by atoms with Crippen LogP contribution < -0.4 is 14.4 Å². The summed E-state index contributed by atoms with van der Waals surface area (Å²) >= 11 is 4.20. The maximum atomic E-state index is 5.36. The van der Waals surface area contributed by atoms with Crippen molar-refractivity contribution in [3.05, 3.63) is 177 Å². The minimum atomic E-state index is 0.532. The highest BCUT2D eigenvalue weighted by atomic mass is 32.1. The summed E-state index contributed by atoms with van der Waals surface area (Å²) in [5.41, 5.74) is 16.0. The molecule has 6 heteroatoms. The van der Waals surface area contributed by atoms with Gasteiger partial charge in [-0.15, -0.1) is 21.9 Å². The van der Waals surface area contributed by atoms with Crippen LogP contribution in [0.5, 0.6) is 11.5 Å². The Bertz CT molecular complexity index is 1850. The summed E-state index contributed by atoms with van der Waals surface area (Å²) in [6.07, 6.45) is 0. The van der Waals surface area contributed by atoms with Crippen LogP contribution in [0.1, 0.15) is 55.6 Å². The Kier molecular flexibility index (Phi) is 21.5. The fourth-order valence-electron chi connectivity index (χ4n) is 5.35. The molecule has 0 aliphatic carbocycles. The van der Waals surface area contributed by atoms with Crippen molar-refractivity contribution in [3.63, 3.8) is 0 Å². The van der Waals surface area contributed by atoms with Gasteiger partial charge >= 0.3 is 0 Å². The molecule has 0 heterocycles. The van der Waals surface area contributed by atoms with Crippen LogP contribution in [0.4, 0.5) is 0 Å². The van der Waals surface area contributed by atoms with Crippen molar-refractivity contribution in [2.45, 2.75) is 74.1 Å². The van der Waals surface area contributed by atoms with Gasteiger partial charge in [0, 0.05) is 4.90 Å². The van der Waals surface area contributed by atoms with E-state index >= 15 is 0 Å². The van der Waals surface area contributed by atoms with Gasteiger partial charge in [-0.3, -0.25) is 0 Å². The largest absolute Gasteiger partial charge is 0.477 e. The van der Waals surface area contributed by atoms with Crippen molar-refractivity contribution in [2.24, 2.45) is 0 Å². The topological polar surface area (TPSA) is 18.5 Å². The third kappa shape index (κ3) is 16.1. The first-order valence-electron chi connectivity index (χ1n) is 18.2. The van der Waals surface area contributed by atoms with Gasteiger partial charge in [0.05, 0.1) is 17.6 Å². The molecule has 3 unspecified atom stereocenters. The van der Waals surface area contributed by atoms with E-state index in [1.807, 2.05) is 93.0 Å². The van der Waals surface area contributed by atoms with E-state index in [9.17, 15) is 0 Å². The molecular weight excluding hydrogens is 734 g/mol. The van der Waals surface area contributed by atoms with Crippen LogP contribution in [-0.2, 0) is 0 Å². The highest BCUT2D eigenvalue weighted by Crippen LogP contribution is 2.32. The molecule has 3 atom stereocenters. The second kappa shape index (κ2) is 24.9. The van der Waals surface area contributed by atoms with Gasteiger partial charge in [0.2, 0.25) is 0 Å². The van der Waals surface area contributed by atoms with Gasteiger partial charge in [0.15, 0.2) is 0 Å². The maximum Gasteiger partial charge on any atom is 0.125 e. The number of para-hydroxylation sites is 2. The Hall–Kier alpha value is -3.44. The lowest BCUT2D eigenvalue weighted by Crippen LogP contribution is -1.94. The summed E-state index contributed by atoms with van der Waals surface area (Å²) in [7, 11) is 3.75. The van der Waals surface area contributed by atoms with Gasteiger partial charge in [-0.05, 0) is 162 Å². The third-order valence-electron chi connectivity index (χ3n) is 8.83. The van der Waals surface area contributed by atoms with Crippen LogP contribution in [0.3, 0.4) is 0 Å². The molecule has 0 aliphatic rings. The lowest BCUT2D eigenvalue weighted by Gasteiger charge is -2.15. The Morgan fingerprint density at radius 3 is 1.07 bits per heavy atom. The highest BCUT2D eigenvalue weighted by molar-refractivity contribution is 7.80. The molecule has 6 rings (SSSR count). The Morgan fingerprint density at radius 2 is 0.778 bits per heavy atom. The quantitative estimate of drug-likeness (QED) is 0.138. The van der Waals surface area contributed by atoms with Gasteiger partial charge < -0.3 is 9.05 Å². The van der Waals surface area contributed by atoms with Crippen molar-refractivity contribution < 1.29 is 9.05 Å². The van der Waals surface area contributed by atoms with Crippen molar-refractivity contribution in [3.8, 4) is 22.6 Å². The van der Waals surface area contributed by atoms with E-state index in [2.05, 4.69) is 133 Å². The molecule has 0 amide bonds.